The molecule has 0 aromatic rings. The van der Waals surface area contributed by atoms with Gasteiger partial charge in [-0.15, -0.1) is 0 Å². The molecular formula is C17H36O5S. The molecule has 0 aromatic carbocycles. The molecule has 0 spiro atoms. The Morgan fingerprint density at radius 2 is 1.48 bits per heavy atom. The van der Waals surface area contributed by atoms with Crippen LogP contribution in [0.4, 0.5) is 0 Å². The highest BCUT2D eigenvalue weighted by molar-refractivity contribution is 7.85. The number of aliphatic hydroxyl groups is 1. The molecule has 23 heavy (non-hydrogen) atoms. The molecule has 140 valence electrons. The molecule has 0 aliphatic rings. The fourth-order valence-electron chi connectivity index (χ4n) is 2.68. The maximum absolute atomic E-state index is 10.9. The van der Waals surface area contributed by atoms with Gasteiger partial charge >= 0.3 is 0 Å². The molecule has 5 nitrogen and oxygen atoms in total. The summed E-state index contributed by atoms with van der Waals surface area (Å²) in [6, 6.07) is 0. The molecule has 0 saturated heterocycles. The van der Waals surface area contributed by atoms with Gasteiger partial charge in [0.15, 0.2) is 0 Å². The number of ether oxygens (including phenoxy) is 1. The van der Waals surface area contributed by atoms with Crippen LogP contribution in [0.15, 0.2) is 0 Å². The molecule has 1 unspecified atom stereocenters. The van der Waals surface area contributed by atoms with Crippen LogP contribution in [0, 0.1) is 5.92 Å². The van der Waals surface area contributed by atoms with Gasteiger partial charge in [-0.2, -0.15) is 8.42 Å². The molecule has 0 saturated carbocycles. The Morgan fingerprint density at radius 3 is 2.00 bits per heavy atom. The normalized spacial score (nSPS) is 13.3. The summed E-state index contributed by atoms with van der Waals surface area (Å²) >= 11 is 0. The molecule has 0 amide bonds. The van der Waals surface area contributed by atoms with E-state index < -0.39 is 10.1 Å². The van der Waals surface area contributed by atoms with Gasteiger partial charge in [0.25, 0.3) is 10.1 Å². The van der Waals surface area contributed by atoms with Gasteiger partial charge in [0.05, 0.1) is 19.0 Å². The summed E-state index contributed by atoms with van der Waals surface area (Å²) in [6.07, 6.45) is 12.7. The largest absolute Gasteiger partial charge is 0.394 e. The lowest BCUT2D eigenvalue weighted by atomic mass is 9.98. The zero-order valence-corrected chi connectivity index (χ0v) is 15.5. The molecular weight excluding hydrogens is 316 g/mol. The first-order valence-corrected chi connectivity index (χ1v) is 10.7. The van der Waals surface area contributed by atoms with E-state index in [0.717, 1.165) is 19.3 Å². The molecule has 0 bridgehead atoms. The molecule has 1 atom stereocenters. The van der Waals surface area contributed by atoms with Gasteiger partial charge in [-0.05, 0) is 18.8 Å². The molecule has 6 heteroatoms. The van der Waals surface area contributed by atoms with E-state index in [1.54, 1.807) is 0 Å². The lowest BCUT2D eigenvalue weighted by molar-refractivity contribution is 0.0640. The van der Waals surface area contributed by atoms with Crippen molar-refractivity contribution in [3.8, 4) is 0 Å². The van der Waals surface area contributed by atoms with E-state index in [1.165, 1.54) is 44.9 Å². The minimum atomic E-state index is -3.91. The van der Waals surface area contributed by atoms with Crippen molar-refractivity contribution in [2.24, 2.45) is 5.92 Å². The molecule has 2 N–H and O–H groups in total. The molecule has 0 heterocycles. The SMILES string of the molecule is CCCCCCCCCCCC(CCS(=O)(=O)O)COCCO. The molecule has 0 fully saturated rings. The Bertz CT molecular complexity index is 343. The van der Waals surface area contributed by atoms with Crippen molar-refractivity contribution >= 4 is 10.1 Å². The predicted molar refractivity (Wildman–Crippen MR) is 94.3 cm³/mol. The van der Waals surface area contributed by atoms with Gasteiger partial charge in [0.1, 0.15) is 0 Å². The molecule has 0 rings (SSSR count). The number of hydrogen-bond acceptors (Lipinski definition) is 4. The lowest BCUT2D eigenvalue weighted by Gasteiger charge is -2.16. The van der Waals surface area contributed by atoms with Gasteiger partial charge in [0.2, 0.25) is 0 Å². The highest BCUT2D eigenvalue weighted by Gasteiger charge is 2.13. The summed E-state index contributed by atoms with van der Waals surface area (Å²) < 4.78 is 35.9. The van der Waals surface area contributed by atoms with Crippen LogP contribution in [0.25, 0.3) is 0 Å². The van der Waals surface area contributed by atoms with Gasteiger partial charge in [0, 0.05) is 6.61 Å². The number of hydrogen-bond donors (Lipinski definition) is 2. The van der Waals surface area contributed by atoms with Crippen LogP contribution in [0.1, 0.15) is 77.6 Å². The van der Waals surface area contributed by atoms with E-state index >= 15 is 0 Å². The molecule has 0 aliphatic heterocycles. The van der Waals surface area contributed by atoms with E-state index in [2.05, 4.69) is 6.92 Å². The highest BCUT2D eigenvalue weighted by Crippen LogP contribution is 2.17. The summed E-state index contributed by atoms with van der Waals surface area (Å²) in [4.78, 5) is 0. The van der Waals surface area contributed by atoms with Gasteiger partial charge in [-0.25, -0.2) is 0 Å². The lowest BCUT2D eigenvalue weighted by Crippen LogP contribution is -2.16. The fourth-order valence-corrected chi connectivity index (χ4v) is 3.32. The second kappa shape index (κ2) is 15.4. The first kappa shape index (κ1) is 22.8. The van der Waals surface area contributed by atoms with Crippen molar-refractivity contribution in [2.75, 3.05) is 25.6 Å². The van der Waals surface area contributed by atoms with Crippen molar-refractivity contribution in [3.63, 3.8) is 0 Å². The maximum atomic E-state index is 10.9. The first-order chi connectivity index (χ1) is 11.0. The standard InChI is InChI=1S/C17H36O5S/c1-2-3-4-5-6-7-8-9-10-11-17(16-22-14-13-18)12-15-23(19,20)21/h17-18H,2-16H2,1H3,(H,19,20,21). The van der Waals surface area contributed by atoms with Crippen LogP contribution in [-0.4, -0.2) is 43.7 Å². The third kappa shape index (κ3) is 18.0. The Balaban J connectivity index is 3.73. The summed E-state index contributed by atoms with van der Waals surface area (Å²) in [5.41, 5.74) is 0. The Kier molecular flexibility index (Phi) is 15.2. The van der Waals surface area contributed by atoms with Crippen LogP contribution in [0.2, 0.25) is 0 Å². The van der Waals surface area contributed by atoms with E-state index in [-0.39, 0.29) is 24.9 Å². The summed E-state index contributed by atoms with van der Waals surface area (Å²) in [7, 11) is -3.91. The van der Waals surface area contributed by atoms with Crippen LogP contribution in [0.3, 0.4) is 0 Å². The zero-order chi connectivity index (χ0) is 17.4. The third-order valence-electron chi connectivity index (χ3n) is 4.09. The second-order valence-corrected chi connectivity index (χ2v) is 7.93. The van der Waals surface area contributed by atoms with E-state index in [9.17, 15) is 8.42 Å². The Morgan fingerprint density at radius 1 is 0.913 bits per heavy atom. The topological polar surface area (TPSA) is 83.8 Å². The van der Waals surface area contributed by atoms with Crippen molar-refractivity contribution in [1.29, 1.82) is 0 Å². The second-order valence-electron chi connectivity index (χ2n) is 6.36. The minimum absolute atomic E-state index is 0.0248. The summed E-state index contributed by atoms with van der Waals surface area (Å²) in [6.45, 7) is 2.93. The highest BCUT2D eigenvalue weighted by atomic mass is 32.2. The number of unbranched alkanes of at least 4 members (excludes halogenated alkanes) is 8. The average Bonchev–Trinajstić information content (AvgIpc) is 2.49. The summed E-state index contributed by atoms with van der Waals surface area (Å²) in [5, 5.41) is 8.73. The van der Waals surface area contributed by atoms with E-state index in [4.69, 9.17) is 14.4 Å². The zero-order valence-electron chi connectivity index (χ0n) is 14.7. The molecule has 0 aromatic heterocycles. The monoisotopic (exact) mass is 352 g/mol. The van der Waals surface area contributed by atoms with Gasteiger partial charge in [-0.1, -0.05) is 64.7 Å². The average molecular weight is 353 g/mol. The van der Waals surface area contributed by atoms with Crippen LogP contribution in [-0.2, 0) is 14.9 Å². The van der Waals surface area contributed by atoms with Crippen molar-refractivity contribution < 1.29 is 22.8 Å². The fraction of sp³-hybridized carbons (Fsp3) is 1.00. The van der Waals surface area contributed by atoms with Crippen LogP contribution >= 0.6 is 0 Å². The third-order valence-corrected chi connectivity index (χ3v) is 4.84. The van der Waals surface area contributed by atoms with E-state index in [1.807, 2.05) is 0 Å². The quantitative estimate of drug-likeness (QED) is 0.307. The van der Waals surface area contributed by atoms with Crippen molar-refractivity contribution in [1.82, 2.24) is 0 Å². The van der Waals surface area contributed by atoms with Gasteiger partial charge < -0.3 is 9.84 Å². The predicted octanol–water partition coefficient (Wildman–Crippen LogP) is 3.81. The Hall–Kier alpha value is -0.170. The van der Waals surface area contributed by atoms with Crippen molar-refractivity contribution in [3.05, 3.63) is 0 Å². The minimum Gasteiger partial charge on any atom is -0.394 e. The van der Waals surface area contributed by atoms with Crippen LogP contribution < -0.4 is 0 Å². The maximum Gasteiger partial charge on any atom is 0.264 e. The first-order valence-electron chi connectivity index (χ1n) is 9.13. The Labute approximate surface area is 142 Å². The summed E-state index contributed by atoms with van der Waals surface area (Å²) in [5.74, 6) is -0.0783. The van der Waals surface area contributed by atoms with Gasteiger partial charge in [-0.3, -0.25) is 4.55 Å². The number of aliphatic hydroxyl groups excluding tert-OH is 1. The number of rotatable bonds is 17. The molecule has 0 aliphatic carbocycles. The van der Waals surface area contributed by atoms with Crippen LogP contribution in [0.5, 0.6) is 0 Å². The smallest absolute Gasteiger partial charge is 0.264 e. The molecule has 0 radical (unpaired) electrons. The van der Waals surface area contributed by atoms with Crippen molar-refractivity contribution in [2.45, 2.75) is 77.6 Å². The van der Waals surface area contributed by atoms with E-state index in [0.29, 0.717) is 13.0 Å².